The van der Waals surface area contributed by atoms with Crippen LogP contribution >= 0.6 is 0 Å². The van der Waals surface area contributed by atoms with E-state index in [1.54, 1.807) is 55.9 Å². The number of aromatic nitrogens is 3. The van der Waals surface area contributed by atoms with Gasteiger partial charge in [-0.05, 0) is 45.0 Å². The van der Waals surface area contributed by atoms with Crippen LogP contribution in [-0.2, 0) is 11.3 Å². The molecule has 0 aliphatic rings. The molecule has 0 saturated heterocycles. The van der Waals surface area contributed by atoms with Gasteiger partial charge >= 0.3 is 6.09 Å². The van der Waals surface area contributed by atoms with Crippen molar-refractivity contribution in [2.45, 2.75) is 33.0 Å². The first-order valence-electron chi connectivity index (χ1n) is 6.50. The van der Waals surface area contributed by atoms with Crippen LogP contribution in [0, 0.1) is 0 Å². The summed E-state index contributed by atoms with van der Waals surface area (Å²) in [6.07, 6.45) is 1.13. The molecule has 2 aromatic rings. The maximum atomic E-state index is 11.6. The van der Waals surface area contributed by atoms with E-state index in [0.717, 1.165) is 5.69 Å². The molecule has 0 saturated carbocycles. The van der Waals surface area contributed by atoms with E-state index in [-0.39, 0.29) is 6.61 Å². The quantitative estimate of drug-likeness (QED) is 0.903. The van der Waals surface area contributed by atoms with Crippen molar-refractivity contribution in [1.82, 2.24) is 15.0 Å². The van der Waals surface area contributed by atoms with Gasteiger partial charge in [0.25, 0.3) is 0 Å². The molecule has 0 aliphatic heterocycles. The molecule has 7 nitrogen and oxygen atoms in total. The van der Waals surface area contributed by atoms with E-state index in [4.69, 9.17) is 9.84 Å². The molecule has 7 heteroatoms. The number of nitrogens with one attached hydrogen (secondary N) is 1. The Labute approximate surface area is 122 Å². The summed E-state index contributed by atoms with van der Waals surface area (Å²) < 4.78 is 6.71. The summed E-state index contributed by atoms with van der Waals surface area (Å²) in [6.45, 7) is 5.26. The van der Waals surface area contributed by atoms with Crippen molar-refractivity contribution in [2.24, 2.45) is 0 Å². The lowest BCUT2D eigenvalue weighted by Gasteiger charge is -2.19. The van der Waals surface area contributed by atoms with Crippen molar-refractivity contribution in [3.8, 4) is 5.69 Å². The van der Waals surface area contributed by atoms with Crippen molar-refractivity contribution >= 4 is 11.8 Å². The molecule has 0 atom stereocenters. The van der Waals surface area contributed by atoms with Crippen molar-refractivity contribution in [1.29, 1.82) is 0 Å². The third kappa shape index (κ3) is 4.28. The van der Waals surface area contributed by atoms with Gasteiger partial charge in [0.15, 0.2) is 0 Å². The molecule has 0 bridgehead atoms. The number of anilines is 1. The summed E-state index contributed by atoms with van der Waals surface area (Å²) in [5.41, 5.74) is 1.35. The summed E-state index contributed by atoms with van der Waals surface area (Å²) in [7, 11) is 0. The first-order chi connectivity index (χ1) is 9.87. The van der Waals surface area contributed by atoms with E-state index in [2.05, 4.69) is 15.6 Å². The average molecular weight is 290 g/mol. The Morgan fingerprint density at radius 1 is 1.33 bits per heavy atom. The highest BCUT2D eigenvalue weighted by Gasteiger charge is 2.16. The zero-order valence-corrected chi connectivity index (χ0v) is 12.2. The number of hydrogen-bond acceptors (Lipinski definition) is 5. The van der Waals surface area contributed by atoms with Crippen LogP contribution in [0.15, 0.2) is 30.5 Å². The predicted octanol–water partition coefficient (Wildman–Crippen LogP) is 2.11. The Morgan fingerprint density at radius 2 is 2.00 bits per heavy atom. The van der Waals surface area contributed by atoms with Crippen LogP contribution in [0.3, 0.4) is 0 Å². The second-order valence-corrected chi connectivity index (χ2v) is 5.49. The Hall–Kier alpha value is -2.41. The number of aliphatic hydroxyl groups is 1. The minimum absolute atomic E-state index is 0.154. The lowest BCUT2D eigenvalue weighted by Crippen LogP contribution is -2.27. The predicted molar refractivity (Wildman–Crippen MR) is 77.1 cm³/mol. The summed E-state index contributed by atoms with van der Waals surface area (Å²) in [5, 5.41) is 19.3. The molecule has 1 aromatic heterocycles. The largest absolute Gasteiger partial charge is 0.444 e. The van der Waals surface area contributed by atoms with Crippen LogP contribution in [0.5, 0.6) is 0 Å². The highest BCUT2D eigenvalue weighted by Crippen LogP contribution is 2.15. The Kier molecular flexibility index (Phi) is 4.23. The van der Waals surface area contributed by atoms with E-state index in [0.29, 0.717) is 11.4 Å². The molecule has 1 amide bonds. The molecule has 0 aliphatic carbocycles. The highest BCUT2D eigenvalue weighted by atomic mass is 16.6. The molecule has 0 radical (unpaired) electrons. The number of carbonyl (C=O) groups is 1. The zero-order valence-electron chi connectivity index (χ0n) is 12.2. The lowest BCUT2D eigenvalue weighted by atomic mass is 10.2. The van der Waals surface area contributed by atoms with Crippen molar-refractivity contribution < 1.29 is 14.6 Å². The Morgan fingerprint density at radius 3 is 2.52 bits per heavy atom. The van der Waals surface area contributed by atoms with Crippen molar-refractivity contribution in [2.75, 3.05) is 5.32 Å². The van der Waals surface area contributed by atoms with Crippen LogP contribution in [0.1, 0.15) is 26.5 Å². The summed E-state index contributed by atoms with van der Waals surface area (Å²) in [6, 6.07) is 7.03. The van der Waals surface area contributed by atoms with Crippen molar-refractivity contribution in [3.63, 3.8) is 0 Å². The van der Waals surface area contributed by atoms with Gasteiger partial charge in [-0.2, -0.15) is 0 Å². The number of aliphatic hydroxyl groups excluding tert-OH is 1. The van der Waals surface area contributed by atoms with Gasteiger partial charge in [-0.15, -0.1) is 5.10 Å². The van der Waals surface area contributed by atoms with Gasteiger partial charge in [0, 0.05) is 5.69 Å². The molecule has 112 valence electrons. The number of ether oxygens (including phenoxy) is 1. The Bertz CT molecular complexity index is 614. The smallest absolute Gasteiger partial charge is 0.412 e. The maximum absolute atomic E-state index is 11.6. The van der Waals surface area contributed by atoms with Crippen LogP contribution in [-0.4, -0.2) is 31.8 Å². The fourth-order valence-corrected chi connectivity index (χ4v) is 1.62. The van der Waals surface area contributed by atoms with Gasteiger partial charge in [0.05, 0.1) is 18.5 Å². The van der Waals surface area contributed by atoms with Gasteiger partial charge in [0.2, 0.25) is 0 Å². The summed E-state index contributed by atoms with van der Waals surface area (Å²) >= 11 is 0. The topological polar surface area (TPSA) is 89.3 Å². The first-order valence-corrected chi connectivity index (χ1v) is 6.50. The number of rotatable bonds is 3. The van der Waals surface area contributed by atoms with Crippen LogP contribution < -0.4 is 5.32 Å². The average Bonchev–Trinajstić information content (AvgIpc) is 2.86. The van der Waals surface area contributed by atoms with Gasteiger partial charge in [-0.1, -0.05) is 5.21 Å². The summed E-state index contributed by atoms with van der Waals surface area (Å²) in [5.74, 6) is 0. The van der Waals surface area contributed by atoms with Gasteiger partial charge < -0.3 is 9.84 Å². The van der Waals surface area contributed by atoms with Crippen molar-refractivity contribution in [3.05, 3.63) is 36.2 Å². The standard InChI is InChI=1S/C14H18N4O3/c1-14(2,3)21-13(20)15-10-4-6-12(7-5-10)18-8-11(9-19)16-17-18/h4-8,19H,9H2,1-3H3,(H,15,20). The molecule has 0 fully saturated rings. The third-order valence-corrected chi connectivity index (χ3v) is 2.48. The second-order valence-electron chi connectivity index (χ2n) is 5.49. The number of amides is 1. The van der Waals surface area contributed by atoms with Gasteiger partial charge in [0.1, 0.15) is 11.3 Å². The molecular weight excluding hydrogens is 272 g/mol. The van der Waals surface area contributed by atoms with E-state index in [9.17, 15) is 4.79 Å². The Balaban J connectivity index is 2.03. The molecule has 2 N–H and O–H groups in total. The zero-order chi connectivity index (χ0) is 15.5. The van der Waals surface area contributed by atoms with Crippen LogP contribution in [0.25, 0.3) is 5.69 Å². The van der Waals surface area contributed by atoms with Gasteiger partial charge in [-0.3, -0.25) is 5.32 Å². The fraction of sp³-hybridized carbons (Fsp3) is 0.357. The summed E-state index contributed by atoms with van der Waals surface area (Å²) in [4.78, 5) is 11.6. The molecule has 0 spiro atoms. The number of carbonyl (C=O) groups excluding carboxylic acids is 1. The first kappa shape index (κ1) is 15.0. The van der Waals surface area contributed by atoms with Gasteiger partial charge in [-0.25, -0.2) is 9.48 Å². The fourth-order valence-electron chi connectivity index (χ4n) is 1.62. The van der Waals surface area contributed by atoms with E-state index < -0.39 is 11.7 Å². The molecule has 21 heavy (non-hydrogen) atoms. The molecule has 0 unspecified atom stereocenters. The molecule has 1 aromatic carbocycles. The normalized spacial score (nSPS) is 11.2. The molecular formula is C14H18N4O3. The number of hydrogen-bond donors (Lipinski definition) is 2. The van der Waals surface area contributed by atoms with Crippen LogP contribution in [0.2, 0.25) is 0 Å². The number of benzene rings is 1. The maximum Gasteiger partial charge on any atom is 0.412 e. The minimum atomic E-state index is -0.536. The monoisotopic (exact) mass is 290 g/mol. The highest BCUT2D eigenvalue weighted by molar-refractivity contribution is 5.84. The minimum Gasteiger partial charge on any atom is -0.444 e. The molecule has 2 rings (SSSR count). The molecule has 1 heterocycles. The van der Waals surface area contributed by atoms with E-state index in [1.807, 2.05) is 0 Å². The van der Waals surface area contributed by atoms with Crippen LogP contribution in [0.4, 0.5) is 10.5 Å². The number of nitrogens with zero attached hydrogens (tertiary/aromatic N) is 3. The second kappa shape index (κ2) is 5.92. The SMILES string of the molecule is CC(C)(C)OC(=O)Nc1ccc(-n2cc(CO)nn2)cc1. The van der Waals surface area contributed by atoms with E-state index in [1.165, 1.54) is 0 Å². The van der Waals surface area contributed by atoms with E-state index >= 15 is 0 Å². The third-order valence-electron chi connectivity index (χ3n) is 2.48. The lowest BCUT2D eigenvalue weighted by molar-refractivity contribution is 0.0636.